The van der Waals surface area contributed by atoms with Gasteiger partial charge in [0, 0.05) is 34.8 Å². The molecule has 4 unspecified atom stereocenters. The molecule has 0 N–H and O–H groups in total. The molecule has 1 nitrogen and oxygen atoms in total. The van der Waals surface area contributed by atoms with Crippen LogP contribution in [0.15, 0.2) is 22.3 Å². The molecule has 250 valence electrons. The standard InChI is InChI=1S/C45H64O/c46-45-43(37-21-9-3-10-22-37)41(39-25-13-19-35(31-39)29-27-33-15-5-1-6-16-33)42(44(45)38-23-11-4-12-24-38)40-26-14-20-36(32-40)30-28-34-17-7-2-8-18-34/h33-40H,1-26,31-32H2. The van der Waals surface area contributed by atoms with E-state index >= 15 is 4.79 Å². The third-order valence-electron chi connectivity index (χ3n) is 13.7. The van der Waals surface area contributed by atoms with Crippen LogP contribution in [0.25, 0.3) is 0 Å². The van der Waals surface area contributed by atoms with Crippen molar-refractivity contribution >= 4 is 5.78 Å². The van der Waals surface area contributed by atoms with Crippen molar-refractivity contribution in [1.29, 1.82) is 0 Å². The van der Waals surface area contributed by atoms with Gasteiger partial charge in [-0.05, 0) is 125 Å². The summed E-state index contributed by atoms with van der Waals surface area (Å²) in [7, 11) is 0. The van der Waals surface area contributed by atoms with Crippen LogP contribution in [0.5, 0.6) is 0 Å². The zero-order valence-electron chi connectivity index (χ0n) is 29.3. The molecular formula is C45H64O. The van der Waals surface area contributed by atoms with Crippen LogP contribution < -0.4 is 0 Å². The van der Waals surface area contributed by atoms with Crippen LogP contribution in [-0.4, -0.2) is 5.78 Å². The van der Waals surface area contributed by atoms with Gasteiger partial charge in [0.05, 0.1) is 0 Å². The molecule has 6 fully saturated rings. The molecule has 46 heavy (non-hydrogen) atoms. The molecule has 0 heterocycles. The summed E-state index contributed by atoms with van der Waals surface area (Å²) in [4.78, 5) is 15.1. The Kier molecular flexibility index (Phi) is 11.5. The third kappa shape index (κ3) is 7.77. The second-order valence-corrected chi connectivity index (χ2v) is 17.0. The van der Waals surface area contributed by atoms with Crippen molar-refractivity contribution in [2.75, 3.05) is 0 Å². The molecule has 0 saturated heterocycles. The largest absolute Gasteiger partial charge is 0.289 e. The predicted molar refractivity (Wildman–Crippen MR) is 192 cm³/mol. The maximum atomic E-state index is 15.1. The molecule has 0 aromatic heterocycles. The van der Waals surface area contributed by atoms with E-state index in [0.717, 1.165) is 0 Å². The van der Waals surface area contributed by atoms with E-state index < -0.39 is 0 Å². The van der Waals surface area contributed by atoms with Gasteiger partial charge in [0.1, 0.15) is 0 Å². The van der Waals surface area contributed by atoms with Crippen LogP contribution in [0, 0.1) is 71.0 Å². The number of carbonyl (C=O) groups is 1. The highest BCUT2D eigenvalue weighted by atomic mass is 16.1. The second kappa shape index (κ2) is 16.1. The highest BCUT2D eigenvalue weighted by Gasteiger charge is 2.45. The number of hydrogen-bond acceptors (Lipinski definition) is 1. The lowest BCUT2D eigenvalue weighted by molar-refractivity contribution is -0.113. The Morgan fingerprint density at radius 3 is 1.00 bits per heavy atom. The summed E-state index contributed by atoms with van der Waals surface area (Å²) in [6, 6.07) is 0. The summed E-state index contributed by atoms with van der Waals surface area (Å²) in [5.74, 6) is 20.4. The first-order valence-electron chi connectivity index (χ1n) is 20.8. The summed E-state index contributed by atoms with van der Waals surface area (Å²) in [5.41, 5.74) is 5.98. The molecule has 7 aliphatic rings. The first-order valence-corrected chi connectivity index (χ1v) is 20.8. The van der Waals surface area contributed by atoms with Crippen molar-refractivity contribution in [3.05, 3.63) is 22.3 Å². The molecular weight excluding hydrogens is 556 g/mol. The van der Waals surface area contributed by atoms with E-state index in [0.29, 0.717) is 53.1 Å². The van der Waals surface area contributed by atoms with E-state index in [4.69, 9.17) is 0 Å². The lowest BCUT2D eigenvalue weighted by Gasteiger charge is -2.36. The first-order chi connectivity index (χ1) is 22.7. The molecule has 0 aromatic rings. The number of Topliss-reactive ketones (excluding diaryl/α,β-unsaturated/α-hetero) is 1. The number of ketones is 1. The number of hydrogen-bond donors (Lipinski definition) is 0. The van der Waals surface area contributed by atoms with Crippen LogP contribution in [-0.2, 0) is 4.79 Å². The highest BCUT2D eigenvalue weighted by molar-refractivity contribution is 6.14. The van der Waals surface area contributed by atoms with Crippen LogP contribution in [0.4, 0.5) is 0 Å². The van der Waals surface area contributed by atoms with E-state index in [-0.39, 0.29) is 0 Å². The Labute approximate surface area is 283 Å². The Balaban J connectivity index is 1.22. The van der Waals surface area contributed by atoms with Gasteiger partial charge in [-0.25, -0.2) is 0 Å². The molecule has 4 atom stereocenters. The van der Waals surface area contributed by atoms with E-state index in [1.165, 1.54) is 191 Å². The topological polar surface area (TPSA) is 17.1 Å². The molecule has 0 amide bonds. The molecule has 7 aliphatic carbocycles. The lowest BCUT2D eigenvalue weighted by atomic mass is 9.68. The van der Waals surface area contributed by atoms with E-state index in [1.54, 1.807) is 11.1 Å². The van der Waals surface area contributed by atoms with E-state index in [2.05, 4.69) is 23.7 Å². The molecule has 0 spiro atoms. The summed E-state index contributed by atoms with van der Waals surface area (Å²) in [6.07, 6.45) is 36.6. The van der Waals surface area contributed by atoms with Crippen molar-refractivity contribution in [3.63, 3.8) is 0 Å². The van der Waals surface area contributed by atoms with Crippen LogP contribution in [0.1, 0.15) is 180 Å². The minimum atomic E-state index is 0.506. The minimum Gasteiger partial charge on any atom is -0.289 e. The second-order valence-electron chi connectivity index (χ2n) is 17.0. The first kappa shape index (κ1) is 32.8. The molecule has 7 rings (SSSR count). The van der Waals surface area contributed by atoms with Gasteiger partial charge in [0.15, 0.2) is 5.78 Å². The average molecular weight is 621 g/mol. The Morgan fingerprint density at radius 2 is 0.609 bits per heavy atom. The van der Waals surface area contributed by atoms with Gasteiger partial charge in [-0.3, -0.25) is 4.79 Å². The van der Waals surface area contributed by atoms with Gasteiger partial charge in [-0.15, -0.1) is 0 Å². The van der Waals surface area contributed by atoms with Gasteiger partial charge in [-0.2, -0.15) is 0 Å². The zero-order chi connectivity index (χ0) is 31.1. The van der Waals surface area contributed by atoms with Gasteiger partial charge >= 0.3 is 0 Å². The summed E-state index contributed by atoms with van der Waals surface area (Å²) < 4.78 is 0. The van der Waals surface area contributed by atoms with Crippen LogP contribution in [0.3, 0.4) is 0 Å². The highest BCUT2D eigenvalue weighted by Crippen LogP contribution is 2.54. The van der Waals surface area contributed by atoms with Gasteiger partial charge in [-0.1, -0.05) is 114 Å². The maximum Gasteiger partial charge on any atom is 0.186 e. The summed E-state index contributed by atoms with van der Waals surface area (Å²) in [5, 5.41) is 0. The predicted octanol–water partition coefficient (Wildman–Crippen LogP) is 12.1. The van der Waals surface area contributed by atoms with E-state index in [1.807, 2.05) is 0 Å². The SMILES string of the molecule is O=C1C(C2CCCCC2)=C(C2CCCC(C#CC3CCCCC3)C2)C(C2CCCC(C#CC3CCCCC3)C2)=C1C1CCCCC1. The fourth-order valence-corrected chi connectivity index (χ4v) is 11.3. The fourth-order valence-electron chi connectivity index (χ4n) is 11.3. The number of allylic oxidation sites excluding steroid dienone is 4. The molecule has 0 bridgehead atoms. The van der Waals surface area contributed by atoms with Gasteiger partial charge < -0.3 is 0 Å². The normalized spacial score (nSPS) is 33.0. The molecule has 6 saturated carbocycles. The van der Waals surface area contributed by atoms with Gasteiger partial charge in [0.2, 0.25) is 0 Å². The molecule has 0 aromatic carbocycles. The lowest BCUT2D eigenvalue weighted by Crippen LogP contribution is -2.24. The molecule has 0 radical (unpaired) electrons. The molecule has 1 heteroatoms. The number of carbonyl (C=O) groups excluding carboxylic acids is 1. The van der Waals surface area contributed by atoms with Crippen LogP contribution in [0.2, 0.25) is 0 Å². The monoisotopic (exact) mass is 620 g/mol. The van der Waals surface area contributed by atoms with Gasteiger partial charge in [0.25, 0.3) is 0 Å². The molecule has 0 aliphatic heterocycles. The quantitative estimate of drug-likeness (QED) is 0.286. The van der Waals surface area contributed by atoms with Crippen molar-refractivity contribution in [3.8, 4) is 23.7 Å². The van der Waals surface area contributed by atoms with Crippen molar-refractivity contribution in [1.82, 2.24) is 0 Å². The van der Waals surface area contributed by atoms with E-state index in [9.17, 15) is 0 Å². The Morgan fingerprint density at radius 1 is 0.304 bits per heavy atom. The summed E-state index contributed by atoms with van der Waals surface area (Å²) >= 11 is 0. The Bertz CT molecular complexity index is 1130. The van der Waals surface area contributed by atoms with Crippen molar-refractivity contribution in [2.45, 2.75) is 180 Å². The third-order valence-corrected chi connectivity index (χ3v) is 13.7. The average Bonchev–Trinajstić information content (AvgIpc) is 3.44. The minimum absolute atomic E-state index is 0.506. The van der Waals surface area contributed by atoms with Crippen LogP contribution >= 0.6 is 0 Å². The Hall–Kier alpha value is -1.73. The summed E-state index contributed by atoms with van der Waals surface area (Å²) in [6.45, 7) is 0. The van der Waals surface area contributed by atoms with Crippen molar-refractivity contribution in [2.24, 2.45) is 47.3 Å². The fraction of sp³-hybridized carbons (Fsp3) is 0.800. The van der Waals surface area contributed by atoms with Crippen molar-refractivity contribution < 1.29 is 4.79 Å². The smallest absolute Gasteiger partial charge is 0.186 e. The number of rotatable bonds is 4. The maximum absolute atomic E-state index is 15.1. The zero-order valence-corrected chi connectivity index (χ0v) is 29.3.